The highest BCUT2D eigenvalue weighted by atomic mass is 32.1. The number of carboxylic acid groups (broad SMARTS) is 1. The van der Waals surface area contributed by atoms with Gasteiger partial charge in [0.15, 0.2) is 5.54 Å². The molecule has 20 heavy (non-hydrogen) atoms. The Morgan fingerprint density at radius 3 is 2.35 bits per heavy atom. The zero-order valence-electron chi connectivity index (χ0n) is 11.2. The number of thiophene rings is 1. The van der Waals surface area contributed by atoms with E-state index in [2.05, 4.69) is 5.32 Å². The molecule has 0 saturated heterocycles. The third-order valence-electron chi connectivity index (χ3n) is 3.24. The topological polar surface area (TPSA) is 66.4 Å². The highest BCUT2D eigenvalue weighted by Crippen LogP contribution is 2.23. The molecule has 2 rings (SSSR count). The van der Waals surface area contributed by atoms with E-state index >= 15 is 0 Å². The van der Waals surface area contributed by atoms with Gasteiger partial charge in [0.2, 0.25) is 0 Å². The van der Waals surface area contributed by atoms with Gasteiger partial charge in [-0.15, -0.1) is 0 Å². The number of carbonyl (C=O) groups is 2. The first-order valence-corrected chi connectivity index (χ1v) is 7.03. The molecule has 1 aromatic carbocycles. The number of aliphatic carboxylic acids is 1. The Bertz CT molecular complexity index is 636. The van der Waals surface area contributed by atoms with E-state index in [4.69, 9.17) is 0 Å². The number of nitrogens with one attached hydrogen (secondary N) is 1. The van der Waals surface area contributed by atoms with Crippen molar-refractivity contribution in [1.29, 1.82) is 0 Å². The first-order chi connectivity index (χ1) is 9.45. The van der Waals surface area contributed by atoms with E-state index in [0.29, 0.717) is 11.1 Å². The summed E-state index contributed by atoms with van der Waals surface area (Å²) in [4.78, 5) is 23.9. The Balaban J connectivity index is 2.34. The quantitative estimate of drug-likeness (QED) is 0.909. The summed E-state index contributed by atoms with van der Waals surface area (Å²) in [5, 5.41) is 15.7. The van der Waals surface area contributed by atoms with Crippen LogP contribution in [0.1, 0.15) is 28.4 Å². The highest BCUT2D eigenvalue weighted by Gasteiger charge is 2.37. The molecule has 1 atom stereocenters. The standard InChI is InChI=1S/C15H15NO3S/c1-10-8-20-9-12(10)13(17)16-15(2,14(18)19)11-6-4-3-5-7-11/h3-9H,1-2H3,(H,16,17)(H,18,19). The predicted octanol–water partition coefficient (Wildman–Crippen LogP) is 2.79. The molecule has 0 bridgehead atoms. The Labute approximate surface area is 121 Å². The van der Waals surface area contributed by atoms with Crippen molar-refractivity contribution in [3.05, 3.63) is 57.8 Å². The number of amides is 1. The van der Waals surface area contributed by atoms with Crippen LogP contribution in [0.15, 0.2) is 41.1 Å². The van der Waals surface area contributed by atoms with Gasteiger partial charge in [-0.25, -0.2) is 4.79 Å². The number of hydrogen-bond donors (Lipinski definition) is 2. The van der Waals surface area contributed by atoms with Crippen molar-refractivity contribution in [2.24, 2.45) is 0 Å². The first-order valence-electron chi connectivity index (χ1n) is 6.09. The predicted molar refractivity (Wildman–Crippen MR) is 78.0 cm³/mol. The van der Waals surface area contributed by atoms with Crippen LogP contribution in [-0.4, -0.2) is 17.0 Å². The van der Waals surface area contributed by atoms with E-state index in [1.165, 1.54) is 18.3 Å². The van der Waals surface area contributed by atoms with Crippen molar-refractivity contribution in [2.45, 2.75) is 19.4 Å². The fourth-order valence-electron chi connectivity index (χ4n) is 1.91. The second-order valence-corrected chi connectivity index (χ2v) is 5.46. The molecular formula is C15H15NO3S. The lowest BCUT2D eigenvalue weighted by atomic mass is 9.91. The van der Waals surface area contributed by atoms with Gasteiger partial charge in [0.05, 0.1) is 5.56 Å². The average Bonchev–Trinajstić information content (AvgIpc) is 2.85. The van der Waals surface area contributed by atoms with Crippen molar-refractivity contribution in [3.63, 3.8) is 0 Å². The lowest BCUT2D eigenvalue weighted by Gasteiger charge is -2.26. The monoisotopic (exact) mass is 289 g/mol. The van der Waals surface area contributed by atoms with Gasteiger partial charge in [0, 0.05) is 5.38 Å². The van der Waals surface area contributed by atoms with Crippen LogP contribution in [0, 0.1) is 6.92 Å². The number of hydrogen-bond acceptors (Lipinski definition) is 3. The van der Waals surface area contributed by atoms with E-state index in [1.807, 2.05) is 12.3 Å². The highest BCUT2D eigenvalue weighted by molar-refractivity contribution is 7.08. The fraction of sp³-hybridized carbons (Fsp3) is 0.200. The van der Waals surface area contributed by atoms with E-state index < -0.39 is 11.5 Å². The van der Waals surface area contributed by atoms with Gasteiger partial charge in [-0.1, -0.05) is 30.3 Å². The van der Waals surface area contributed by atoms with E-state index in [-0.39, 0.29) is 5.91 Å². The van der Waals surface area contributed by atoms with Crippen molar-refractivity contribution >= 4 is 23.2 Å². The lowest BCUT2D eigenvalue weighted by molar-refractivity contribution is -0.144. The molecule has 1 amide bonds. The molecule has 0 saturated carbocycles. The molecule has 2 aromatic rings. The van der Waals surface area contributed by atoms with Crippen LogP contribution in [0.2, 0.25) is 0 Å². The minimum atomic E-state index is -1.45. The minimum Gasteiger partial charge on any atom is -0.479 e. The van der Waals surface area contributed by atoms with Gasteiger partial charge < -0.3 is 10.4 Å². The summed E-state index contributed by atoms with van der Waals surface area (Å²) in [7, 11) is 0. The molecule has 0 radical (unpaired) electrons. The Hall–Kier alpha value is -2.14. The van der Waals surface area contributed by atoms with Crippen LogP contribution in [0.3, 0.4) is 0 Å². The molecule has 2 N–H and O–H groups in total. The minimum absolute atomic E-state index is 0.377. The van der Waals surface area contributed by atoms with Crippen LogP contribution in [-0.2, 0) is 10.3 Å². The SMILES string of the molecule is Cc1cscc1C(=O)NC(C)(C(=O)O)c1ccccc1. The van der Waals surface area contributed by atoms with Gasteiger partial charge in [-0.3, -0.25) is 4.79 Å². The number of rotatable bonds is 4. The Kier molecular flexibility index (Phi) is 3.90. The average molecular weight is 289 g/mol. The maximum atomic E-state index is 12.3. The van der Waals surface area contributed by atoms with Crippen LogP contribution < -0.4 is 5.32 Å². The van der Waals surface area contributed by atoms with Crippen molar-refractivity contribution in [1.82, 2.24) is 5.32 Å². The number of carbonyl (C=O) groups excluding carboxylic acids is 1. The maximum absolute atomic E-state index is 12.3. The number of aryl methyl sites for hydroxylation is 1. The van der Waals surface area contributed by atoms with Crippen molar-refractivity contribution < 1.29 is 14.7 Å². The van der Waals surface area contributed by atoms with Gasteiger partial charge in [0.25, 0.3) is 5.91 Å². The summed E-state index contributed by atoms with van der Waals surface area (Å²) in [5.74, 6) is -1.47. The molecule has 1 aromatic heterocycles. The smallest absolute Gasteiger partial charge is 0.333 e. The third-order valence-corrected chi connectivity index (χ3v) is 4.10. The van der Waals surface area contributed by atoms with E-state index in [9.17, 15) is 14.7 Å². The zero-order chi connectivity index (χ0) is 14.8. The summed E-state index contributed by atoms with van der Waals surface area (Å²) in [6, 6.07) is 8.68. The Morgan fingerprint density at radius 2 is 1.85 bits per heavy atom. The molecule has 1 unspecified atom stereocenters. The summed E-state index contributed by atoms with van der Waals surface area (Å²) >= 11 is 1.42. The largest absolute Gasteiger partial charge is 0.479 e. The third kappa shape index (κ3) is 2.58. The molecule has 1 heterocycles. The van der Waals surface area contributed by atoms with Crippen molar-refractivity contribution in [3.8, 4) is 0 Å². The molecule has 104 valence electrons. The van der Waals surface area contributed by atoms with Crippen LogP contribution in [0.5, 0.6) is 0 Å². The van der Waals surface area contributed by atoms with E-state index in [1.54, 1.807) is 35.7 Å². The summed E-state index contributed by atoms with van der Waals surface area (Å²) < 4.78 is 0. The fourth-order valence-corrected chi connectivity index (χ4v) is 2.74. The molecule has 0 aliphatic rings. The second-order valence-electron chi connectivity index (χ2n) is 4.72. The maximum Gasteiger partial charge on any atom is 0.333 e. The van der Waals surface area contributed by atoms with Crippen molar-refractivity contribution in [2.75, 3.05) is 0 Å². The van der Waals surface area contributed by atoms with Gasteiger partial charge in [-0.05, 0) is 30.4 Å². The summed E-state index contributed by atoms with van der Waals surface area (Å²) in [6.45, 7) is 3.32. The van der Waals surface area contributed by atoms with Crippen LogP contribution in [0.4, 0.5) is 0 Å². The zero-order valence-corrected chi connectivity index (χ0v) is 12.0. The van der Waals surface area contributed by atoms with Crippen LogP contribution >= 0.6 is 11.3 Å². The molecule has 4 nitrogen and oxygen atoms in total. The summed E-state index contributed by atoms with van der Waals surface area (Å²) in [5.41, 5.74) is 0.438. The molecule has 5 heteroatoms. The number of benzene rings is 1. The molecule has 0 aliphatic heterocycles. The molecule has 0 fully saturated rings. The lowest BCUT2D eigenvalue weighted by Crippen LogP contribution is -2.49. The van der Waals surface area contributed by atoms with E-state index in [0.717, 1.165) is 5.56 Å². The second kappa shape index (κ2) is 5.46. The van der Waals surface area contributed by atoms with Crippen LogP contribution in [0.25, 0.3) is 0 Å². The molecule has 0 spiro atoms. The molecule has 0 aliphatic carbocycles. The van der Waals surface area contributed by atoms with Gasteiger partial charge >= 0.3 is 5.97 Å². The summed E-state index contributed by atoms with van der Waals surface area (Å²) in [6.07, 6.45) is 0. The molecular weight excluding hydrogens is 274 g/mol. The first kappa shape index (κ1) is 14.3. The number of carboxylic acids is 1. The van der Waals surface area contributed by atoms with Gasteiger partial charge in [-0.2, -0.15) is 11.3 Å². The van der Waals surface area contributed by atoms with Gasteiger partial charge in [0.1, 0.15) is 0 Å². The Morgan fingerprint density at radius 1 is 1.20 bits per heavy atom. The normalized spacial score (nSPS) is 13.5.